The fourth-order valence-electron chi connectivity index (χ4n) is 5.76. The molecule has 2 N–H and O–H groups in total. The van der Waals surface area contributed by atoms with Crippen LogP contribution < -0.4 is 10.6 Å². The topological polar surface area (TPSA) is 137 Å². The van der Waals surface area contributed by atoms with E-state index >= 15 is 0 Å². The molecule has 48 heavy (non-hydrogen) atoms. The van der Waals surface area contributed by atoms with E-state index in [-0.39, 0.29) is 0 Å². The average Bonchev–Trinajstić information content (AvgIpc) is 3.66. The average molecular weight is 674 g/mol. The van der Waals surface area contributed by atoms with Gasteiger partial charge in [-0.05, 0) is 56.0 Å². The Kier molecular flexibility index (Phi) is 12.0. The molecule has 0 spiro atoms. The molecule has 0 unspecified atom stereocenters. The van der Waals surface area contributed by atoms with Gasteiger partial charge in [0, 0.05) is 49.8 Å². The highest BCUT2D eigenvalue weighted by molar-refractivity contribution is 7.80. The van der Waals surface area contributed by atoms with Crippen molar-refractivity contribution in [1.82, 2.24) is 24.4 Å². The number of pyridine rings is 1. The van der Waals surface area contributed by atoms with Gasteiger partial charge in [0.1, 0.15) is 12.1 Å². The maximum Gasteiger partial charge on any atom is 0.339 e. The first kappa shape index (κ1) is 34.9. The quantitative estimate of drug-likeness (QED) is 0.0452. The number of methoxy groups -OCH3 is 1. The molecule has 1 fully saturated rings. The number of fused-ring (bicyclic) bond motifs is 1. The number of hydrogen-bond donors (Lipinski definition) is 3. The Morgan fingerprint density at radius 2 is 1.98 bits per heavy atom. The van der Waals surface area contributed by atoms with Crippen LogP contribution >= 0.6 is 12.6 Å². The van der Waals surface area contributed by atoms with Crippen LogP contribution in [0.25, 0.3) is 16.7 Å². The number of ether oxygens (including phenoxy) is 2. The lowest BCUT2D eigenvalue weighted by molar-refractivity contribution is 0.0372. The Bertz CT molecular complexity index is 1790. The van der Waals surface area contributed by atoms with Crippen molar-refractivity contribution in [3.8, 4) is 0 Å². The molecule has 4 aromatic rings. The summed E-state index contributed by atoms with van der Waals surface area (Å²) in [6, 6.07) is 5.41. The number of aromatic nitrogens is 4. The molecule has 4 heterocycles. The maximum absolute atomic E-state index is 12.0. The minimum Gasteiger partial charge on any atom is -0.465 e. The van der Waals surface area contributed by atoms with Crippen LogP contribution in [0.2, 0.25) is 0 Å². The molecule has 3 aromatic heterocycles. The zero-order chi connectivity index (χ0) is 34.0. The molecule has 0 aliphatic carbocycles. The van der Waals surface area contributed by atoms with Gasteiger partial charge in [0.05, 0.1) is 48.3 Å². The van der Waals surface area contributed by atoms with Crippen LogP contribution in [0.15, 0.2) is 52.4 Å². The lowest BCUT2D eigenvalue weighted by Crippen LogP contribution is -2.36. The number of allylic oxidation sites excluding steroid dienone is 1. The van der Waals surface area contributed by atoms with Crippen molar-refractivity contribution >= 4 is 53.4 Å². The smallest absolute Gasteiger partial charge is 0.339 e. The van der Waals surface area contributed by atoms with Crippen molar-refractivity contribution in [1.29, 1.82) is 0 Å². The van der Waals surface area contributed by atoms with Crippen molar-refractivity contribution < 1.29 is 23.5 Å². The molecule has 1 aliphatic rings. The molecule has 1 saturated heterocycles. The number of morpholine rings is 1. The van der Waals surface area contributed by atoms with Crippen LogP contribution in [0.3, 0.4) is 0 Å². The number of anilines is 2. The summed E-state index contributed by atoms with van der Waals surface area (Å²) in [5, 5.41) is 6.62. The molecule has 0 amide bonds. The fraction of sp³-hybridized carbons (Fsp3) is 0.400. The summed E-state index contributed by atoms with van der Waals surface area (Å²) >= 11 is 4.47. The zero-order valence-electron chi connectivity index (χ0n) is 27.8. The number of carbonyl (C=O) groups is 2. The number of thiol groups is 1. The van der Waals surface area contributed by atoms with E-state index in [1.165, 1.54) is 13.3 Å². The van der Waals surface area contributed by atoms with Crippen LogP contribution in [0, 0.1) is 6.92 Å². The monoisotopic (exact) mass is 673 g/mol. The summed E-state index contributed by atoms with van der Waals surface area (Å²) in [4.78, 5) is 40.5. The predicted molar refractivity (Wildman–Crippen MR) is 189 cm³/mol. The number of hydrogen-bond acceptors (Lipinski definition) is 12. The van der Waals surface area contributed by atoms with Crippen LogP contribution in [-0.2, 0) is 28.9 Å². The summed E-state index contributed by atoms with van der Waals surface area (Å²) in [6.07, 6.45) is 9.88. The number of nitrogens with zero attached hydrogens (tertiary/aromatic N) is 5. The number of unbranched alkanes of at least 4 members (excludes halogenated alkanes) is 1. The van der Waals surface area contributed by atoms with Gasteiger partial charge in [-0.3, -0.25) is 9.69 Å². The van der Waals surface area contributed by atoms with Crippen molar-refractivity contribution in [3.05, 3.63) is 77.2 Å². The Morgan fingerprint density at radius 1 is 1.17 bits per heavy atom. The summed E-state index contributed by atoms with van der Waals surface area (Å²) in [5.41, 5.74) is 5.05. The Labute approximate surface area is 286 Å². The van der Waals surface area contributed by atoms with Gasteiger partial charge in [0.2, 0.25) is 5.95 Å². The third-order valence-corrected chi connectivity index (χ3v) is 8.50. The van der Waals surface area contributed by atoms with Gasteiger partial charge in [-0.2, -0.15) is 0 Å². The van der Waals surface area contributed by atoms with Crippen molar-refractivity contribution in [3.63, 3.8) is 0 Å². The number of nitrogens with one attached hydrogen (secondary N) is 2. The first-order valence-corrected chi connectivity index (χ1v) is 16.6. The lowest BCUT2D eigenvalue weighted by atomic mass is 10.0. The fourth-order valence-corrected chi connectivity index (χ4v) is 6.04. The highest BCUT2D eigenvalue weighted by atomic mass is 32.1. The van der Waals surface area contributed by atoms with Crippen molar-refractivity contribution in [2.24, 2.45) is 0 Å². The third kappa shape index (κ3) is 8.52. The van der Waals surface area contributed by atoms with E-state index < -0.39 is 5.97 Å². The number of aryl methyl sites for hydroxylation is 3. The highest BCUT2D eigenvalue weighted by Crippen LogP contribution is 2.29. The van der Waals surface area contributed by atoms with E-state index in [0.29, 0.717) is 64.6 Å². The van der Waals surface area contributed by atoms with Crippen LogP contribution in [0.1, 0.15) is 63.4 Å². The predicted octanol–water partition coefficient (Wildman–Crippen LogP) is 5.58. The summed E-state index contributed by atoms with van der Waals surface area (Å²) in [5.74, 6) is 1.84. The molecule has 13 heteroatoms. The molecule has 254 valence electrons. The Hall–Kier alpha value is -4.46. The van der Waals surface area contributed by atoms with Crippen LogP contribution in [0.4, 0.5) is 11.8 Å². The Morgan fingerprint density at radius 3 is 2.71 bits per heavy atom. The molecule has 0 radical (unpaired) electrons. The summed E-state index contributed by atoms with van der Waals surface area (Å²) in [7, 11) is 1.33. The number of carbonyl (C=O) groups excluding carboxylic acids is 2. The summed E-state index contributed by atoms with van der Waals surface area (Å²) in [6.45, 7) is 13.6. The second-order valence-electron chi connectivity index (χ2n) is 11.5. The van der Waals surface area contributed by atoms with Gasteiger partial charge in [-0.15, -0.1) is 12.6 Å². The summed E-state index contributed by atoms with van der Waals surface area (Å²) < 4.78 is 18.2. The van der Waals surface area contributed by atoms with Gasteiger partial charge in [0.25, 0.3) is 0 Å². The largest absolute Gasteiger partial charge is 0.465 e. The minimum absolute atomic E-state index is 0.332. The van der Waals surface area contributed by atoms with Gasteiger partial charge >= 0.3 is 5.97 Å². The first-order valence-electron chi connectivity index (χ1n) is 16.2. The van der Waals surface area contributed by atoms with Crippen LogP contribution in [0.5, 0.6) is 0 Å². The normalized spacial score (nSPS) is 13.7. The van der Waals surface area contributed by atoms with Gasteiger partial charge in [-0.1, -0.05) is 25.7 Å². The number of imidazole rings is 1. The Balaban J connectivity index is 1.38. The van der Waals surface area contributed by atoms with Gasteiger partial charge in [0.15, 0.2) is 11.7 Å². The minimum atomic E-state index is -0.468. The number of oxazole rings is 1. The first-order chi connectivity index (χ1) is 23.3. The number of aldehydes is 1. The lowest BCUT2D eigenvalue weighted by Gasteiger charge is -2.26. The molecular formula is C35H43N7O5S. The molecule has 0 saturated carbocycles. The van der Waals surface area contributed by atoms with Crippen molar-refractivity contribution in [2.45, 2.75) is 51.0 Å². The van der Waals surface area contributed by atoms with E-state index in [9.17, 15) is 9.59 Å². The van der Waals surface area contributed by atoms with E-state index in [1.54, 1.807) is 6.07 Å². The number of rotatable bonds is 16. The molecule has 1 aromatic carbocycles. The second kappa shape index (κ2) is 16.6. The molecule has 1 aliphatic heterocycles. The SMILES string of the molecule is C=C(Nc1nc2cc(C=O)cc(CCCCN3CCOCC3)c2n1C/C=C/CNc1ncc(C(=O)OC)cc1S)c1oc(C)nc1CC. The second-order valence-corrected chi connectivity index (χ2v) is 12.0. The molecule has 12 nitrogen and oxygen atoms in total. The number of esters is 1. The highest BCUT2D eigenvalue weighted by Gasteiger charge is 2.19. The zero-order valence-corrected chi connectivity index (χ0v) is 28.6. The van der Waals surface area contributed by atoms with Gasteiger partial charge in [-0.25, -0.2) is 19.7 Å². The molecule has 0 atom stereocenters. The maximum atomic E-state index is 12.0. The standard InChI is InChI=1S/C35H43N7O5S/c1-5-28-32(47-24(3)39-28)23(2)38-35-40-29-19-25(22-43)18-26(10-6-8-12-41-14-16-46-17-15-41)31(29)42(35)13-9-7-11-36-33-30(48)20-27(21-37-33)34(44)45-4/h7,9,18-22,48H,2,5-6,8,10-17H2,1,3-4H3,(H,36,37)(H,38,40)/b9-7+. The van der Waals surface area contributed by atoms with Crippen LogP contribution in [-0.4, -0.2) is 83.2 Å². The van der Waals surface area contributed by atoms with E-state index in [0.717, 1.165) is 80.7 Å². The molecular weight excluding hydrogens is 630 g/mol. The van der Waals surface area contributed by atoms with E-state index in [4.69, 9.17) is 18.9 Å². The number of benzene rings is 1. The van der Waals surface area contributed by atoms with E-state index in [1.807, 2.05) is 38.1 Å². The molecule has 0 bridgehead atoms. The third-order valence-electron chi connectivity index (χ3n) is 8.16. The molecule has 5 rings (SSSR count). The van der Waals surface area contributed by atoms with Crippen molar-refractivity contribution in [2.75, 3.05) is 57.1 Å². The van der Waals surface area contributed by atoms with E-state index in [2.05, 4.69) is 49.3 Å². The van der Waals surface area contributed by atoms with Gasteiger partial charge < -0.3 is 29.1 Å².